The van der Waals surface area contributed by atoms with Crippen molar-refractivity contribution in [1.82, 2.24) is 9.97 Å². The first-order valence-corrected chi connectivity index (χ1v) is 4.95. The largest absolute Gasteiger partial charge is 0.378 e. The van der Waals surface area contributed by atoms with Crippen LogP contribution in [0.3, 0.4) is 0 Å². The molecule has 2 rings (SSSR count). The van der Waals surface area contributed by atoms with Gasteiger partial charge in [0.15, 0.2) is 0 Å². The number of methoxy groups -OCH3 is 1. The Hall–Kier alpha value is -1.20. The molecular formula is C10H15N4O. The second-order valence-electron chi connectivity index (χ2n) is 3.78. The van der Waals surface area contributed by atoms with Crippen LogP contribution in [0.4, 0.5) is 5.95 Å². The molecule has 1 aliphatic heterocycles. The highest BCUT2D eigenvalue weighted by Crippen LogP contribution is 2.16. The molecule has 0 spiro atoms. The maximum atomic E-state index is 5.92. The average molecular weight is 207 g/mol. The van der Waals surface area contributed by atoms with Gasteiger partial charge in [0.2, 0.25) is 5.95 Å². The van der Waals surface area contributed by atoms with Crippen LogP contribution < -0.4 is 10.6 Å². The van der Waals surface area contributed by atoms with Gasteiger partial charge in [-0.05, 0) is 13.0 Å². The quantitative estimate of drug-likeness (QED) is 0.724. The second kappa shape index (κ2) is 4.12. The van der Waals surface area contributed by atoms with E-state index in [1.54, 1.807) is 13.2 Å². The number of ether oxygens (including phenoxy) is 1. The minimum absolute atomic E-state index is 0.0270. The SMILES string of the molecule is COC1CN(c2n[c]cc(C)n2)CC1N. The van der Waals surface area contributed by atoms with Gasteiger partial charge in [0.25, 0.3) is 0 Å². The van der Waals surface area contributed by atoms with Gasteiger partial charge in [-0.25, -0.2) is 9.97 Å². The molecule has 0 amide bonds. The molecule has 15 heavy (non-hydrogen) atoms. The van der Waals surface area contributed by atoms with Crippen molar-refractivity contribution >= 4 is 5.95 Å². The van der Waals surface area contributed by atoms with Gasteiger partial charge < -0.3 is 15.4 Å². The third-order valence-electron chi connectivity index (χ3n) is 2.61. The van der Waals surface area contributed by atoms with Gasteiger partial charge in [0.1, 0.15) is 0 Å². The number of anilines is 1. The number of nitrogens with two attached hydrogens (primary N) is 1. The molecule has 2 unspecified atom stereocenters. The Bertz CT molecular complexity index is 344. The van der Waals surface area contributed by atoms with Crippen LogP contribution in [0.2, 0.25) is 0 Å². The first kappa shape index (κ1) is 10.3. The van der Waals surface area contributed by atoms with Crippen molar-refractivity contribution in [3.05, 3.63) is 18.0 Å². The van der Waals surface area contributed by atoms with Crippen LogP contribution >= 0.6 is 0 Å². The van der Waals surface area contributed by atoms with Crippen LogP contribution in [0.5, 0.6) is 0 Å². The Morgan fingerprint density at radius 3 is 3.00 bits per heavy atom. The average Bonchev–Trinajstić information content (AvgIpc) is 2.60. The zero-order valence-corrected chi connectivity index (χ0v) is 8.97. The standard InChI is InChI=1S/C10H15N4O/c1-7-3-4-12-10(13-7)14-5-8(11)9(6-14)15-2/h3,8-9H,5-6,11H2,1-2H3. The van der Waals surface area contributed by atoms with Gasteiger partial charge in [-0.15, -0.1) is 0 Å². The molecule has 1 aromatic rings. The number of hydrogen-bond acceptors (Lipinski definition) is 5. The van der Waals surface area contributed by atoms with Crippen LogP contribution in [0, 0.1) is 13.1 Å². The first-order valence-electron chi connectivity index (χ1n) is 4.95. The molecule has 0 aromatic carbocycles. The third-order valence-corrected chi connectivity index (χ3v) is 2.61. The van der Waals surface area contributed by atoms with Gasteiger partial charge in [-0.2, -0.15) is 0 Å². The number of nitrogens with zero attached hydrogens (tertiary/aromatic N) is 3. The van der Waals surface area contributed by atoms with Crippen molar-refractivity contribution < 1.29 is 4.74 Å². The topological polar surface area (TPSA) is 64.3 Å². The lowest BCUT2D eigenvalue weighted by molar-refractivity contribution is 0.108. The van der Waals surface area contributed by atoms with E-state index in [2.05, 4.69) is 16.2 Å². The number of hydrogen-bond donors (Lipinski definition) is 1. The highest BCUT2D eigenvalue weighted by atomic mass is 16.5. The zero-order chi connectivity index (χ0) is 10.8. The van der Waals surface area contributed by atoms with Gasteiger partial charge in [-0.3, -0.25) is 0 Å². The van der Waals surface area contributed by atoms with Crippen molar-refractivity contribution in [2.45, 2.75) is 19.1 Å². The molecule has 0 bridgehead atoms. The summed E-state index contributed by atoms with van der Waals surface area (Å²) in [6.45, 7) is 3.40. The fourth-order valence-electron chi connectivity index (χ4n) is 1.75. The summed E-state index contributed by atoms with van der Waals surface area (Å²) in [6, 6.07) is 1.78. The van der Waals surface area contributed by atoms with E-state index in [4.69, 9.17) is 10.5 Å². The number of aryl methyl sites for hydroxylation is 1. The summed E-state index contributed by atoms with van der Waals surface area (Å²) in [4.78, 5) is 10.5. The van der Waals surface area contributed by atoms with E-state index in [1.165, 1.54) is 0 Å². The number of rotatable bonds is 2. The van der Waals surface area contributed by atoms with E-state index in [-0.39, 0.29) is 12.1 Å². The molecule has 1 saturated heterocycles. The molecule has 2 heterocycles. The summed E-state index contributed by atoms with van der Waals surface area (Å²) in [7, 11) is 1.68. The molecule has 0 saturated carbocycles. The summed E-state index contributed by atoms with van der Waals surface area (Å²) in [5, 5.41) is 0. The Morgan fingerprint density at radius 2 is 2.40 bits per heavy atom. The molecule has 5 nitrogen and oxygen atoms in total. The lowest BCUT2D eigenvalue weighted by Crippen LogP contribution is -2.34. The van der Waals surface area contributed by atoms with Crippen molar-refractivity contribution in [2.75, 3.05) is 25.1 Å². The minimum Gasteiger partial charge on any atom is -0.378 e. The molecule has 2 N–H and O–H groups in total. The smallest absolute Gasteiger partial charge is 0.226 e. The highest BCUT2D eigenvalue weighted by Gasteiger charge is 2.31. The van der Waals surface area contributed by atoms with Crippen LogP contribution in [0.1, 0.15) is 5.69 Å². The van der Waals surface area contributed by atoms with Gasteiger partial charge >= 0.3 is 0 Å². The van der Waals surface area contributed by atoms with Crippen molar-refractivity contribution in [3.63, 3.8) is 0 Å². The Labute approximate surface area is 89.3 Å². The maximum absolute atomic E-state index is 5.92. The van der Waals surface area contributed by atoms with E-state index >= 15 is 0 Å². The highest BCUT2D eigenvalue weighted by molar-refractivity contribution is 5.33. The maximum Gasteiger partial charge on any atom is 0.226 e. The van der Waals surface area contributed by atoms with Gasteiger partial charge in [-0.1, -0.05) is 0 Å². The first-order chi connectivity index (χ1) is 7.20. The van der Waals surface area contributed by atoms with Crippen molar-refractivity contribution in [1.29, 1.82) is 0 Å². The van der Waals surface area contributed by atoms with E-state index in [0.717, 1.165) is 18.8 Å². The molecule has 2 atom stereocenters. The van der Waals surface area contributed by atoms with Crippen LogP contribution in [-0.2, 0) is 4.74 Å². The Balaban J connectivity index is 2.13. The van der Waals surface area contributed by atoms with Crippen LogP contribution in [0.15, 0.2) is 6.07 Å². The minimum atomic E-state index is 0.0270. The Morgan fingerprint density at radius 1 is 1.60 bits per heavy atom. The lowest BCUT2D eigenvalue weighted by Gasteiger charge is -2.15. The summed E-state index contributed by atoms with van der Waals surface area (Å²) in [6.07, 6.45) is 2.88. The van der Waals surface area contributed by atoms with Crippen molar-refractivity contribution in [3.8, 4) is 0 Å². The summed E-state index contributed by atoms with van der Waals surface area (Å²) < 4.78 is 5.27. The predicted molar refractivity (Wildman–Crippen MR) is 56.6 cm³/mol. The second-order valence-corrected chi connectivity index (χ2v) is 3.78. The lowest BCUT2D eigenvalue weighted by atomic mass is 10.2. The van der Waals surface area contributed by atoms with Gasteiger partial charge in [0, 0.05) is 25.9 Å². The zero-order valence-electron chi connectivity index (χ0n) is 8.97. The summed E-state index contributed by atoms with van der Waals surface area (Å²) in [5.74, 6) is 0.685. The molecule has 1 fully saturated rings. The fraction of sp³-hybridized carbons (Fsp3) is 0.600. The molecule has 0 aliphatic carbocycles. The molecule has 1 aliphatic rings. The summed E-state index contributed by atoms with van der Waals surface area (Å²) >= 11 is 0. The molecule has 5 heteroatoms. The normalized spacial score (nSPS) is 25.9. The fourth-order valence-corrected chi connectivity index (χ4v) is 1.75. The Kier molecular flexibility index (Phi) is 2.83. The van der Waals surface area contributed by atoms with E-state index in [0.29, 0.717) is 5.95 Å². The van der Waals surface area contributed by atoms with Gasteiger partial charge in [0.05, 0.1) is 18.3 Å². The molecular weight excluding hydrogens is 192 g/mol. The molecule has 1 aromatic heterocycles. The molecule has 1 radical (unpaired) electrons. The van der Waals surface area contributed by atoms with Crippen molar-refractivity contribution in [2.24, 2.45) is 5.73 Å². The molecule has 81 valence electrons. The summed E-state index contributed by atoms with van der Waals surface area (Å²) in [5.41, 5.74) is 6.83. The monoisotopic (exact) mass is 207 g/mol. The van der Waals surface area contributed by atoms with E-state index in [1.807, 2.05) is 11.8 Å². The van der Waals surface area contributed by atoms with E-state index in [9.17, 15) is 0 Å². The number of aromatic nitrogens is 2. The predicted octanol–water partition coefficient (Wildman–Crippen LogP) is -0.252. The van der Waals surface area contributed by atoms with Crippen LogP contribution in [0.25, 0.3) is 0 Å². The third kappa shape index (κ3) is 2.08. The van der Waals surface area contributed by atoms with Crippen LogP contribution in [-0.4, -0.2) is 42.3 Å². The van der Waals surface area contributed by atoms with E-state index < -0.39 is 0 Å².